The number of nitrogens with zero attached hydrogens (tertiary/aromatic N) is 3. The van der Waals surface area contributed by atoms with Crippen molar-refractivity contribution in [1.82, 2.24) is 20.5 Å². The van der Waals surface area contributed by atoms with E-state index < -0.39 is 0 Å². The normalized spacial score (nSPS) is 17.2. The van der Waals surface area contributed by atoms with Gasteiger partial charge in [0.05, 0.1) is 18.8 Å². The highest BCUT2D eigenvalue weighted by molar-refractivity contribution is 5.79. The third-order valence-corrected chi connectivity index (χ3v) is 5.90. The van der Waals surface area contributed by atoms with Crippen molar-refractivity contribution in [3.63, 3.8) is 0 Å². The summed E-state index contributed by atoms with van der Waals surface area (Å²) in [6.45, 7) is 11.6. The Hall–Kier alpha value is -2.74. The molecule has 0 unspecified atom stereocenters. The van der Waals surface area contributed by atoms with Gasteiger partial charge >= 0.3 is 0 Å². The van der Waals surface area contributed by atoms with Crippen LogP contribution in [0.25, 0.3) is 0 Å². The molecule has 168 valence electrons. The number of aliphatic imine (C=N–C) groups is 1. The maximum absolute atomic E-state index is 5.73. The molecule has 2 N–H and O–H groups in total. The summed E-state index contributed by atoms with van der Waals surface area (Å²) in [6, 6.07) is 5.98. The Kier molecular flexibility index (Phi) is 6.96. The molecule has 1 aromatic heterocycles. The Morgan fingerprint density at radius 2 is 1.97 bits per heavy atom. The van der Waals surface area contributed by atoms with Crippen molar-refractivity contribution >= 4 is 5.96 Å². The van der Waals surface area contributed by atoms with E-state index in [0.717, 1.165) is 85.9 Å². The molecule has 0 atom stereocenters. The van der Waals surface area contributed by atoms with Gasteiger partial charge in [-0.1, -0.05) is 6.07 Å². The van der Waals surface area contributed by atoms with Crippen molar-refractivity contribution in [3.8, 4) is 11.5 Å². The summed E-state index contributed by atoms with van der Waals surface area (Å²) >= 11 is 0. The lowest BCUT2D eigenvalue weighted by atomic mass is 9.97. The zero-order chi connectivity index (χ0) is 21.6. The predicted molar refractivity (Wildman–Crippen MR) is 119 cm³/mol. The summed E-state index contributed by atoms with van der Waals surface area (Å²) in [6.07, 6.45) is 2.32. The molecule has 1 aromatic carbocycles. The number of oxazole rings is 1. The van der Waals surface area contributed by atoms with Gasteiger partial charge in [-0.3, -0.25) is 4.90 Å². The lowest BCUT2D eigenvalue weighted by Crippen LogP contribution is -2.42. The smallest absolute Gasteiger partial charge is 0.231 e. The zero-order valence-electron chi connectivity index (χ0n) is 18.7. The maximum atomic E-state index is 5.73. The standard InChI is InChI=1S/C23H33N5O3/c1-4-24-23(26-13-19-5-6-20-21(11-19)30-15-29-20)25-12-18-7-9-28(10-8-18)14-22-27-16(2)17(3)31-22/h5-6,11,18H,4,7-10,12-15H2,1-3H3,(H2,24,25,26). The minimum absolute atomic E-state index is 0.294. The third-order valence-electron chi connectivity index (χ3n) is 5.90. The van der Waals surface area contributed by atoms with Gasteiger partial charge in [-0.2, -0.15) is 0 Å². The van der Waals surface area contributed by atoms with E-state index in [4.69, 9.17) is 18.9 Å². The minimum Gasteiger partial charge on any atom is -0.454 e. The van der Waals surface area contributed by atoms with Gasteiger partial charge < -0.3 is 24.5 Å². The topological polar surface area (TPSA) is 84.2 Å². The molecule has 2 aliphatic heterocycles. The summed E-state index contributed by atoms with van der Waals surface area (Å²) in [5.41, 5.74) is 2.09. The average molecular weight is 428 g/mol. The molecule has 0 amide bonds. The fraction of sp³-hybridized carbons (Fsp3) is 0.565. The van der Waals surface area contributed by atoms with Gasteiger partial charge in [0.25, 0.3) is 0 Å². The van der Waals surface area contributed by atoms with Gasteiger partial charge in [0.1, 0.15) is 5.76 Å². The van der Waals surface area contributed by atoms with E-state index in [1.165, 1.54) is 0 Å². The van der Waals surface area contributed by atoms with Crippen LogP contribution in [0.1, 0.15) is 42.7 Å². The van der Waals surface area contributed by atoms with Crippen LogP contribution in [0.2, 0.25) is 0 Å². The zero-order valence-corrected chi connectivity index (χ0v) is 18.7. The van der Waals surface area contributed by atoms with E-state index in [0.29, 0.717) is 19.3 Å². The van der Waals surface area contributed by atoms with Gasteiger partial charge in [-0.15, -0.1) is 0 Å². The van der Waals surface area contributed by atoms with Crippen molar-refractivity contribution in [3.05, 3.63) is 41.1 Å². The number of nitrogens with one attached hydrogen (secondary N) is 2. The molecule has 0 aliphatic carbocycles. The average Bonchev–Trinajstić information content (AvgIpc) is 3.36. The lowest BCUT2D eigenvalue weighted by molar-refractivity contribution is 0.164. The molecule has 4 rings (SSSR count). The molecule has 1 fully saturated rings. The Bertz CT molecular complexity index is 883. The van der Waals surface area contributed by atoms with Crippen LogP contribution in [0.5, 0.6) is 11.5 Å². The first kappa shape index (κ1) is 21.5. The molecule has 0 spiro atoms. The maximum Gasteiger partial charge on any atom is 0.231 e. The Balaban J connectivity index is 1.23. The van der Waals surface area contributed by atoms with Crippen LogP contribution in [-0.2, 0) is 13.1 Å². The summed E-state index contributed by atoms with van der Waals surface area (Å²) in [5.74, 6) is 4.85. The van der Waals surface area contributed by atoms with Gasteiger partial charge in [0.15, 0.2) is 17.5 Å². The fourth-order valence-corrected chi connectivity index (χ4v) is 3.94. The molecule has 1 saturated heterocycles. The molecule has 2 aliphatic rings. The molecule has 8 nitrogen and oxygen atoms in total. The monoisotopic (exact) mass is 427 g/mol. The highest BCUT2D eigenvalue weighted by Crippen LogP contribution is 2.32. The van der Waals surface area contributed by atoms with Crippen molar-refractivity contribution in [1.29, 1.82) is 0 Å². The van der Waals surface area contributed by atoms with Crippen LogP contribution in [0.3, 0.4) is 0 Å². The van der Waals surface area contributed by atoms with Gasteiger partial charge in [0.2, 0.25) is 12.7 Å². The minimum atomic E-state index is 0.294. The van der Waals surface area contributed by atoms with Crippen LogP contribution in [0, 0.1) is 19.8 Å². The Morgan fingerprint density at radius 3 is 2.71 bits per heavy atom. The highest BCUT2D eigenvalue weighted by Gasteiger charge is 2.21. The van der Waals surface area contributed by atoms with Crippen molar-refractivity contribution in [2.45, 2.75) is 46.7 Å². The first-order chi connectivity index (χ1) is 15.1. The Labute approximate surface area is 184 Å². The molecular formula is C23H33N5O3. The summed E-state index contributed by atoms with van der Waals surface area (Å²) in [7, 11) is 0. The van der Waals surface area contributed by atoms with Crippen molar-refractivity contribution < 1.29 is 13.9 Å². The summed E-state index contributed by atoms with van der Waals surface area (Å²) in [4.78, 5) is 11.7. The number of piperidine rings is 1. The molecule has 0 bridgehead atoms. The number of likely N-dealkylation sites (tertiary alicyclic amines) is 1. The molecule has 0 saturated carbocycles. The second kappa shape index (κ2) is 10.0. The Morgan fingerprint density at radius 1 is 1.16 bits per heavy atom. The van der Waals surface area contributed by atoms with Crippen LogP contribution in [-0.4, -0.2) is 48.8 Å². The lowest BCUT2D eigenvalue weighted by Gasteiger charge is -2.31. The van der Waals surface area contributed by atoms with Crippen molar-refractivity contribution in [2.75, 3.05) is 33.0 Å². The van der Waals surface area contributed by atoms with Crippen LogP contribution in [0.15, 0.2) is 27.6 Å². The van der Waals surface area contributed by atoms with Gasteiger partial charge in [0, 0.05) is 13.1 Å². The van der Waals surface area contributed by atoms with Crippen LogP contribution >= 0.6 is 0 Å². The van der Waals surface area contributed by atoms with Crippen molar-refractivity contribution in [2.24, 2.45) is 10.9 Å². The molecule has 0 radical (unpaired) electrons. The molecule has 2 aromatic rings. The second-order valence-corrected chi connectivity index (χ2v) is 8.23. The number of fused-ring (bicyclic) bond motifs is 1. The van der Waals surface area contributed by atoms with E-state index >= 15 is 0 Å². The molecule has 8 heteroatoms. The van der Waals surface area contributed by atoms with E-state index in [-0.39, 0.29) is 0 Å². The second-order valence-electron chi connectivity index (χ2n) is 8.23. The number of ether oxygens (including phenoxy) is 2. The predicted octanol–water partition coefficient (Wildman–Crippen LogP) is 2.99. The fourth-order valence-electron chi connectivity index (χ4n) is 3.94. The number of aryl methyl sites for hydroxylation is 2. The molecule has 3 heterocycles. The van der Waals surface area contributed by atoms with Gasteiger partial charge in [-0.25, -0.2) is 9.98 Å². The van der Waals surface area contributed by atoms with E-state index in [2.05, 4.69) is 27.4 Å². The van der Waals surface area contributed by atoms with Crippen LogP contribution in [0.4, 0.5) is 0 Å². The van der Waals surface area contributed by atoms with E-state index in [9.17, 15) is 0 Å². The number of hydrogen-bond acceptors (Lipinski definition) is 6. The van der Waals surface area contributed by atoms with E-state index in [1.807, 2.05) is 32.0 Å². The van der Waals surface area contributed by atoms with Crippen LogP contribution < -0.4 is 20.1 Å². The third kappa shape index (κ3) is 5.70. The first-order valence-electron chi connectivity index (χ1n) is 11.2. The number of guanidine groups is 1. The number of benzene rings is 1. The molecular weight excluding hydrogens is 394 g/mol. The quantitative estimate of drug-likeness (QED) is 0.519. The van der Waals surface area contributed by atoms with E-state index in [1.54, 1.807) is 0 Å². The number of hydrogen-bond donors (Lipinski definition) is 2. The largest absolute Gasteiger partial charge is 0.454 e. The first-order valence-corrected chi connectivity index (χ1v) is 11.2. The number of aromatic nitrogens is 1. The summed E-state index contributed by atoms with van der Waals surface area (Å²) < 4.78 is 16.6. The SMILES string of the molecule is CCNC(=NCc1ccc2c(c1)OCO2)NCC1CCN(Cc2nc(C)c(C)o2)CC1. The number of rotatable bonds is 7. The highest BCUT2D eigenvalue weighted by atomic mass is 16.7. The van der Waals surface area contributed by atoms with Gasteiger partial charge in [-0.05, 0) is 70.3 Å². The summed E-state index contributed by atoms with van der Waals surface area (Å²) in [5, 5.41) is 6.87. The molecule has 31 heavy (non-hydrogen) atoms.